The van der Waals surface area contributed by atoms with Crippen molar-refractivity contribution in [3.05, 3.63) is 53.6 Å². The predicted octanol–water partition coefficient (Wildman–Crippen LogP) is 6.89. The lowest BCUT2D eigenvalue weighted by Gasteiger charge is -2.24. The fourth-order valence-electron chi connectivity index (χ4n) is 4.05. The predicted molar refractivity (Wildman–Crippen MR) is 133 cm³/mol. The molecule has 2 aromatic carbocycles. The largest absolute Gasteiger partial charge is 0.497 e. The van der Waals surface area contributed by atoms with Gasteiger partial charge in [-0.1, -0.05) is 51.2 Å². The Bertz CT molecular complexity index is 763. The maximum absolute atomic E-state index is 6.12. The highest BCUT2D eigenvalue weighted by molar-refractivity contribution is 5.85. The minimum absolute atomic E-state index is 0. The summed E-state index contributed by atoms with van der Waals surface area (Å²) < 4.78 is 11.6. The molecule has 0 unspecified atom stereocenters. The Morgan fingerprint density at radius 3 is 2.68 bits per heavy atom. The van der Waals surface area contributed by atoms with Gasteiger partial charge in [0.2, 0.25) is 0 Å². The van der Waals surface area contributed by atoms with Gasteiger partial charge < -0.3 is 20.1 Å². The van der Waals surface area contributed by atoms with E-state index >= 15 is 0 Å². The van der Waals surface area contributed by atoms with Crippen molar-refractivity contribution in [1.82, 2.24) is 5.32 Å². The molecule has 172 valence electrons. The Morgan fingerprint density at radius 1 is 1.03 bits per heavy atom. The average Bonchev–Trinajstić information content (AvgIpc) is 2.81. The van der Waals surface area contributed by atoms with Gasteiger partial charge in [0.25, 0.3) is 0 Å². The zero-order chi connectivity index (χ0) is 21.0. The van der Waals surface area contributed by atoms with Crippen molar-refractivity contribution in [2.45, 2.75) is 70.9 Å². The van der Waals surface area contributed by atoms with Gasteiger partial charge in [-0.25, -0.2) is 0 Å². The van der Waals surface area contributed by atoms with Crippen molar-refractivity contribution in [2.75, 3.05) is 25.6 Å². The molecular weight excluding hydrogens is 408 g/mol. The van der Waals surface area contributed by atoms with Crippen LogP contribution in [0.5, 0.6) is 11.5 Å². The Hall–Kier alpha value is -1.91. The van der Waals surface area contributed by atoms with E-state index in [0.717, 1.165) is 42.3 Å². The molecule has 0 amide bonds. The minimum atomic E-state index is 0. The molecule has 0 spiro atoms. The normalized spacial score (nSPS) is 15.7. The first-order chi connectivity index (χ1) is 14.8. The number of methoxy groups -OCH3 is 1. The van der Waals surface area contributed by atoms with Crippen LogP contribution < -0.4 is 20.1 Å². The highest BCUT2D eigenvalue weighted by Gasteiger charge is 2.15. The van der Waals surface area contributed by atoms with Crippen molar-refractivity contribution < 1.29 is 9.47 Å². The molecule has 31 heavy (non-hydrogen) atoms. The van der Waals surface area contributed by atoms with Crippen LogP contribution in [0, 0.1) is 0 Å². The van der Waals surface area contributed by atoms with E-state index in [9.17, 15) is 0 Å². The van der Waals surface area contributed by atoms with Crippen LogP contribution >= 0.6 is 12.4 Å². The lowest BCUT2D eigenvalue weighted by Crippen LogP contribution is -2.26. The summed E-state index contributed by atoms with van der Waals surface area (Å²) in [6, 6.07) is 15.4. The minimum Gasteiger partial charge on any atom is -0.497 e. The molecule has 0 radical (unpaired) electrons. The number of hydrogen-bond acceptors (Lipinski definition) is 4. The zero-order valence-electron chi connectivity index (χ0n) is 19.1. The number of rotatable bonds is 12. The number of unbranched alkanes of at least 4 members (excludes halogenated alkanes) is 4. The molecule has 0 aromatic heterocycles. The first-order valence-corrected chi connectivity index (χ1v) is 11.7. The summed E-state index contributed by atoms with van der Waals surface area (Å²) >= 11 is 0. The van der Waals surface area contributed by atoms with Gasteiger partial charge >= 0.3 is 0 Å². The smallest absolute Gasteiger partial charge is 0.124 e. The number of benzene rings is 2. The van der Waals surface area contributed by atoms with Crippen LogP contribution in [0.15, 0.2) is 42.5 Å². The van der Waals surface area contributed by atoms with E-state index in [2.05, 4.69) is 47.9 Å². The number of halogens is 1. The van der Waals surface area contributed by atoms with Crippen molar-refractivity contribution in [3.63, 3.8) is 0 Å². The van der Waals surface area contributed by atoms with Gasteiger partial charge in [-0.3, -0.25) is 0 Å². The molecule has 0 aliphatic carbocycles. The Morgan fingerprint density at radius 2 is 1.90 bits per heavy atom. The van der Waals surface area contributed by atoms with E-state index in [4.69, 9.17) is 9.47 Å². The van der Waals surface area contributed by atoms with E-state index in [-0.39, 0.29) is 12.4 Å². The molecule has 2 N–H and O–H groups in total. The molecule has 1 atom stereocenters. The zero-order valence-corrected chi connectivity index (χ0v) is 19.9. The lowest BCUT2D eigenvalue weighted by atomic mass is 9.97. The number of anilines is 1. The van der Waals surface area contributed by atoms with Crippen LogP contribution in [-0.4, -0.2) is 20.3 Å². The van der Waals surface area contributed by atoms with E-state index in [1.54, 1.807) is 7.11 Å². The second-order valence-electron chi connectivity index (χ2n) is 8.22. The highest BCUT2D eigenvalue weighted by Crippen LogP contribution is 2.28. The van der Waals surface area contributed by atoms with Gasteiger partial charge in [0.15, 0.2) is 0 Å². The van der Waals surface area contributed by atoms with Gasteiger partial charge in [0, 0.05) is 23.8 Å². The van der Waals surface area contributed by atoms with E-state index in [1.165, 1.54) is 50.5 Å². The quantitative estimate of drug-likeness (QED) is 0.348. The van der Waals surface area contributed by atoms with Crippen LogP contribution in [0.3, 0.4) is 0 Å². The molecule has 0 bridgehead atoms. The third kappa shape index (κ3) is 8.27. The molecule has 1 fully saturated rings. The molecule has 1 heterocycles. The van der Waals surface area contributed by atoms with Crippen molar-refractivity contribution in [1.29, 1.82) is 0 Å². The van der Waals surface area contributed by atoms with Gasteiger partial charge in [-0.15, -0.1) is 12.4 Å². The third-order valence-corrected chi connectivity index (χ3v) is 5.86. The molecule has 0 saturated carbocycles. The second-order valence-corrected chi connectivity index (χ2v) is 8.22. The van der Waals surface area contributed by atoms with Crippen LogP contribution in [0.1, 0.15) is 75.5 Å². The van der Waals surface area contributed by atoms with Gasteiger partial charge in [0.1, 0.15) is 11.5 Å². The maximum atomic E-state index is 6.12. The topological polar surface area (TPSA) is 42.5 Å². The second kappa shape index (κ2) is 14.2. The van der Waals surface area contributed by atoms with Crippen molar-refractivity contribution >= 4 is 18.1 Å². The summed E-state index contributed by atoms with van der Waals surface area (Å²) in [7, 11) is 1.71. The Balaban J connectivity index is 0.00000341. The van der Waals surface area contributed by atoms with Crippen LogP contribution in [0.4, 0.5) is 5.69 Å². The molecule has 1 aliphatic rings. The first kappa shape index (κ1) is 25.4. The summed E-state index contributed by atoms with van der Waals surface area (Å²) in [5, 5.41) is 7.22. The fraction of sp³-hybridized carbons (Fsp3) is 0.538. The molecule has 3 rings (SSSR count). The maximum Gasteiger partial charge on any atom is 0.124 e. The van der Waals surface area contributed by atoms with Crippen molar-refractivity contribution in [2.24, 2.45) is 0 Å². The molecule has 1 aliphatic heterocycles. The molecule has 1 saturated heterocycles. The first-order valence-electron chi connectivity index (χ1n) is 11.7. The van der Waals surface area contributed by atoms with E-state index in [1.807, 2.05) is 12.1 Å². The SMILES string of the molecule is CCCCCCCOc1ccc(OC)cc1CNc1cccc([C@@H]2CCCCN2)c1.Cl. The fourth-order valence-corrected chi connectivity index (χ4v) is 4.05. The Kier molecular flexibility index (Phi) is 11.6. The Labute approximate surface area is 194 Å². The molecule has 4 nitrogen and oxygen atoms in total. The highest BCUT2D eigenvalue weighted by atomic mass is 35.5. The van der Waals surface area contributed by atoms with Crippen LogP contribution in [0.2, 0.25) is 0 Å². The lowest BCUT2D eigenvalue weighted by molar-refractivity contribution is 0.301. The standard InChI is InChI=1S/C26H38N2O2.ClH/c1-3-4-5-6-9-17-30-26-15-14-24(29-2)19-22(26)20-28-23-12-10-11-21(18-23)25-13-7-8-16-27-25;/h10-12,14-15,18-19,25,27-28H,3-9,13,16-17,20H2,1-2H3;1H/t25-;/m0./s1. The monoisotopic (exact) mass is 446 g/mol. The van der Waals surface area contributed by atoms with Gasteiger partial charge in [-0.2, -0.15) is 0 Å². The number of ether oxygens (including phenoxy) is 2. The molecule has 2 aromatic rings. The summed E-state index contributed by atoms with van der Waals surface area (Å²) in [4.78, 5) is 0. The number of hydrogen-bond donors (Lipinski definition) is 2. The number of piperidine rings is 1. The summed E-state index contributed by atoms with van der Waals surface area (Å²) in [6.07, 6.45) is 10.0. The van der Waals surface area contributed by atoms with E-state index in [0.29, 0.717) is 12.6 Å². The summed E-state index contributed by atoms with van der Waals surface area (Å²) in [5.74, 6) is 1.81. The van der Waals surface area contributed by atoms with E-state index < -0.39 is 0 Å². The third-order valence-electron chi connectivity index (χ3n) is 5.86. The molecular formula is C26H39ClN2O2. The number of nitrogens with one attached hydrogen (secondary N) is 2. The van der Waals surface area contributed by atoms with Gasteiger partial charge in [-0.05, 0) is 61.7 Å². The van der Waals surface area contributed by atoms with Crippen molar-refractivity contribution in [3.8, 4) is 11.5 Å². The average molecular weight is 447 g/mol. The van der Waals surface area contributed by atoms with Crippen LogP contribution in [0.25, 0.3) is 0 Å². The van der Waals surface area contributed by atoms with Crippen LogP contribution in [-0.2, 0) is 6.54 Å². The summed E-state index contributed by atoms with van der Waals surface area (Å²) in [5.41, 5.74) is 3.64. The summed E-state index contributed by atoms with van der Waals surface area (Å²) in [6.45, 7) is 4.84. The molecule has 5 heteroatoms. The van der Waals surface area contributed by atoms with Gasteiger partial charge in [0.05, 0.1) is 13.7 Å².